The lowest BCUT2D eigenvalue weighted by molar-refractivity contribution is 0.171. The number of rotatable bonds is 3. The number of H-pyrrole nitrogens is 1. The van der Waals surface area contributed by atoms with Gasteiger partial charge in [0.15, 0.2) is 11.5 Å². The molecular formula is C14H19N5O2. The molecule has 2 amide bonds. The molecule has 1 aliphatic rings. The number of aliphatic hydroxyl groups excluding tert-OH is 1. The van der Waals surface area contributed by atoms with Gasteiger partial charge in [0.1, 0.15) is 5.52 Å². The van der Waals surface area contributed by atoms with Gasteiger partial charge in [0.2, 0.25) is 0 Å². The number of nitrogens with zero attached hydrogens (tertiary/aromatic N) is 2. The molecule has 0 aromatic carbocycles. The van der Waals surface area contributed by atoms with Gasteiger partial charge >= 0.3 is 6.03 Å². The Kier molecular flexibility index (Phi) is 4.01. The molecule has 2 heterocycles. The van der Waals surface area contributed by atoms with Crippen LogP contribution in [0.1, 0.15) is 25.7 Å². The van der Waals surface area contributed by atoms with E-state index in [0.717, 1.165) is 25.7 Å². The summed E-state index contributed by atoms with van der Waals surface area (Å²) in [6, 6.07) is 1.64. The van der Waals surface area contributed by atoms with Crippen molar-refractivity contribution in [1.82, 2.24) is 20.3 Å². The molecule has 1 saturated carbocycles. The van der Waals surface area contributed by atoms with E-state index in [1.165, 1.54) is 6.20 Å². The number of hydrogen-bond acceptors (Lipinski definition) is 4. The monoisotopic (exact) mass is 289 g/mol. The minimum atomic E-state index is -0.275. The van der Waals surface area contributed by atoms with Gasteiger partial charge in [-0.15, -0.1) is 0 Å². The predicted octanol–water partition coefficient (Wildman–Crippen LogP) is 1.63. The lowest BCUT2D eigenvalue weighted by Crippen LogP contribution is -2.41. The maximum atomic E-state index is 12.0. The fraction of sp³-hybridized carbons (Fsp3) is 0.500. The number of aliphatic hydroxyl groups is 1. The number of carbonyl (C=O) groups is 1. The van der Waals surface area contributed by atoms with Crippen LogP contribution in [0.4, 0.5) is 10.6 Å². The molecule has 21 heavy (non-hydrogen) atoms. The van der Waals surface area contributed by atoms with E-state index in [4.69, 9.17) is 0 Å². The number of fused-ring (bicyclic) bond motifs is 1. The molecule has 1 aliphatic carbocycles. The topological polar surface area (TPSA) is 103 Å². The number of nitrogens with one attached hydrogen (secondary N) is 3. The van der Waals surface area contributed by atoms with Crippen molar-refractivity contribution in [2.75, 3.05) is 11.9 Å². The second-order valence-electron chi connectivity index (χ2n) is 5.48. The van der Waals surface area contributed by atoms with E-state index < -0.39 is 0 Å². The van der Waals surface area contributed by atoms with Crippen LogP contribution in [0.5, 0.6) is 0 Å². The lowest BCUT2D eigenvalue weighted by Gasteiger charge is -2.28. The summed E-state index contributed by atoms with van der Waals surface area (Å²) in [5.74, 6) is 0.717. The quantitative estimate of drug-likeness (QED) is 0.689. The number of carbonyl (C=O) groups excluding carboxylic acids is 1. The van der Waals surface area contributed by atoms with E-state index in [-0.39, 0.29) is 18.7 Å². The molecule has 1 fully saturated rings. The number of aromatic nitrogens is 3. The average Bonchev–Trinajstić information content (AvgIpc) is 2.95. The van der Waals surface area contributed by atoms with E-state index in [1.807, 2.05) is 0 Å². The van der Waals surface area contributed by atoms with Crippen LogP contribution in [-0.4, -0.2) is 38.7 Å². The van der Waals surface area contributed by atoms with Crippen LogP contribution in [-0.2, 0) is 0 Å². The van der Waals surface area contributed by atoms with Crippen LogP contribution < -0.4 is 10.6 Å². The van der Waals surface area contributed by atoms with Crippen LogP contribution in [0.25, 0.3) is 11.2 Å². The van der Waals surface area contributed by atoms with Gasteiger partial charge in [-0.1, -0.05) is 6.42 Å². The van der Waals surface area contributed by atoms with Gasteiger partial charge in [-0.3, -0.25) is 5.32 Å². The zero-order valence-electron chi connectivity index (χ0n) is 11.7. The van der Waals surface area contributed by atoms with Gasteiger partial charge in [0.05, 0.1) is 6.20 Å². The fourth-order valence-electron chi connectivity index (χ4n) is 2.82. The van der Waals surface area contributed by atoms with Crippen LogP contribution in [0.15, 0.2) is 18.5 Å². The standard InChI is InChI=1S/C14H19N5O2/c20-8-9-2-1-3-10(6-9)17-14(21)19-12-7-16-13-11(18-12)4-5-15-13/h4-5,7,9-10,20H,1-3,6,8H2,(H,15,16)(H2,17,18,19,21)/t9-,10-/m0/s1. The molecule has 0 spiro atoms. The normalized spacial score (nSPS) is 22.1. The van der Waals surface area contributed by atoms with Gasteiger partial charge in [0.25, 0.3) is 0 Å². The number of aromatic amines is 1. The summed E-state index contributed by atoms with van der Waals surface area (Å²) in [7, 11) is 0. The maximum absolute atomic E-state index is 12.0. The second-order valence-corrected chi connectivity index (χ2v) is 5.48. The van der Waals surface area contributed by atoms with Crippen molar-refractivity contribution in [3.63, 3.8) is 0 Å². The Morgan fingerprint density at radius 3 is 3.24 bits per heavy atom. The maximum Gasteiger partial charge on any atom is 0.320 e. The minimum Gasteiger partial charge on any atom is -0.396 e. The van der Waals surface area contributed by atoms with Gasteiger partial charge < -0.3 is 15.4 Å². The second kappa shape index (κ2) is 6.09. The summed E-state index contributed by atoms with van der Waals surface area (Å²) in [5, 5.41) is 14.8. The Labute approximate surface area is 122 Å². The molecule has 4 N–H and O–H groups in total. The largest absolute Gasteiger partial charge is 0.396 e. The lowest BCUT2D eigenvalue weighted by atomic mass is 9.86. The molecule has 0 radical (unpaired) electrons. The SMILES string of the molecule is O=C(Nc1cnc2[nH]ccc2n1)N[C@H]1CCC[C@H](CO)C1. The molecular weight excluding hydrogens is 270 g/mol. The van der Waals surface area contributed by atoms with Crippen molar-refractivity contribution in [3.05, 3.63) is 18.5 Å². The Morgan fingerprint density at radius 1 is 1.48 bits per heavy atom. The van der Waals surface area contributed by atoms with Crippen LogP contribution in [0.2, 0.25) is 0 Å². The first-order valence-electron chi connectivity index (χ1n) is 7.23. The van der Waals surface area contributed by atoms with Crippen LogP contribution in [0, 0.1) is 5.92 Å². The summed E-state index contributed by atoms with van der Waals surface area (Å²) >= 11 is 0. The third-order valence-corrected chi connectivity index (χ3v) is 3.88. The highest BCUT2D eigenvalue weighted by Gasteiger charge is 2.22. The molecule has 2 aromatic heterocycles. The van der Waals surface area contributed by atoms with Crippen LogP contribution >= 0.6 is 0 Å². The Hall–Kier alpha value is -2.15. The van der Waals surface area contributed by atoms with E-state index >= 15 is 0 Å². The van der Waals surface area contributed by atoms with E-state index in [1.54, 1.807) is 12.3 Å². The molecule has 0 unspecified atom stereocenters. The third kappa shape index (κ3) is 3.30. The van der Waals surface area contributed by atoms with Crippen molar-refractivity contribution in [1.29, 1.82) is 0 Å². The van der Waals surface area contributed by atoms with E-state index in [0.29, 0.717) is 22.9 Å². The Balaban J connectivity index is 1.58. The summed E-state index contributed by atoms with van der Waals surface area (Å²) in [6.07, 6.45) is 7.12. The molecule has 2 atom stereocenters. The molecule has 7 heteroatoms. The molecule has 112 valence electrons. The molecule has 7 nitrogen and oxygen atoms in total. The predicted molar refractivity (Wildman–Crippen MR) is 78.9 cm³/mol. The van der Waals surface area contributed by atoms with Gasteiger partial charge in [0, 0.05) is 18.8 Å². The summed E-state index contributed by atoms with van der Waals surface area (Å²) in [4.78, 5) is 23.4. The smallest absolute Gasteiger partial charge is 0.320 e. The van der Waals surface area contributed by atoms with Crippen LogP contribution in [0.3, 0.4) is 0 Å². The van der Waals surface area contributed by atoms with Gasteiger partial charge in [-0.25, -0.2) is 14.8 Å². The van der Waals surface area contributed by atoms with E-state index in [9.17, 15) is 9.90 Å². The van der Waals surface area contributed by atoms with E-state index in [2.05, 4.69) is 25.6 Å². The number of urea groups is 1. The number of anilines is 1. The van der Waals surface area contributed by atoms with Crippen molar-refractivity contribution in [2.24, 2.45) is 5.92 Å². The molecule has 0 saturated heterocycles. The number of amides is 2. The Bertz CT molecular complexity index is 627. The molecule has 2 aromatic rings. The van der Waals surface area contributed by atoms with Crippen molar-refractivity contribution < 1.29 is 9.90 Å². The summed E-state index contributed by atoms with van der Waals surface area (Å²) < 4.78 is 0. The summed E-state index contributed by atoms with van der Waals surface area (Å²) in [6.45, 7) is 0.190. The number of hydrogen-bond donors (Lipinski definition) is 4. The van der Waals surface area contributed by atoms with Gasteiger partial charge in [-0.2, -0.15) is 0 Å². The molecule has 3 rings (SSSR count). The highest BCUT2D eigenvalue weighted by atomic mass is 16.3. The Morgan fingerprint density at radius 2 is 2.38 bits per heavy atom. The zero-order chi connectivity index (χ0) is 14.7. The van der Waals surface area contributed by atoms with Crippen molar-refractivity contribution >= 4 is 23.0 Å². The van der Waals surface area contributed by atoms with Crippen molar-refractivity contribution in [3.8, 4) is 0 Å². The zero-order valence-corrected chi connectivity index (χ0v) is 11.7. The highest BCUT2D eigenvalue weighted by Crippen LogP contribution is 2.23. The fourth-order valence-corrected chi connectivity index (χ4v) is 2.82. The first-order chi connectivity index (χ1) is 10.2. The highest BCUT2D eigenvalue weighted by molar-refractivity contribution is 5.89. The minimum absolute atomic E-state index is 0.111. The summed E-state index contributed by atoms with van der Waals surface area (Å²) in [5.41, 5.74) is 1.41. The molecule has 0 aliphatic heterocycles. The van der Waals surface area contributed by atoms with Gasteiger partial charge in [-0.05, 0) is 31.2 Å². The van der Waals surface area contributed by atoms with Crippen molar-refractivity contribution in [2.45, 2.75) is 31.7 Å². The first-order valence-corrected chi connectivity index (χ1v) is 7.23. The molecule has 0 bridgehead atoms. The first kappa shape index (κ1) is 13.8. The average molecular weight is 289 g/mol. The third-order valence-electron chi connectivity index (χ3n) is 3.88.